The molecule has 0 aliphatic carbocycles. The van der Waals surface area contributed by atoms with Gasteiger partial charge in [-0.05, 0) is 11.6 Å². The van der Waals surface area contributed by atoms with E-state index in [0.29, 0.717) is 13.2 Å². The Kier molecular flexibility index (Phi) is 5.36. The van der Waals surface area contributed by atoms with Gasteiger partial charge in [0.1, 0.15) is 0 Å². The maximum absolute atomic E-state index is 12.5. The minimum Gasteiger partial charge on any atom is -0.379 e. The molecule has 1 saturated heterocycles. The van der Waals surface area contributed by atoms with Crippen LogP contribution in [-0.2, 0) is 33.0 Å². The van der Waals surface area contributed by atoms with Gasteiger partial charge < -0.3 is 14.6 Å². The first-order valence-electron chi connectivity index (χ1n) is 8.58. The van der Waals surface area contributed by atoms with E-state index in [0.717, 1.165) is 16.5 Å². The summed E-state index contributed by atoms with van der Waals surface area (Å²) >= 11 is 0. The molecule has 3 rings (SSSR count). The lowest BCUT2D eigenvalue weighted by Crippen LogP contribution is -2.44. The van der Waals surface area contributed by atoms with Crippen molar-refractivity contribution in [1.29, 1.82) is 0 Å². The third-order valence-electron chi connectivity index (χ3n) is 4.86. The number of amides is 1. The number of benzene rings is 1. The summed E-state index contributed by atoms with van der Waals surface area (Å²) in [4.78, 5) is 12.5. The highest BCUT2D eigenvalue weighted by Crippen LogP contribution is 2.21. The maximum Gasteiger partial charge on any atom is 0.224 e. The van der Waals surface area contributed by atoms with Crippen LogP contribution in [0, 0.1) is 5.92 Å². The SMILES string of the molecule is CN(C)S(=O)(=O)C[C@@H]1COC[C@H]1NC(=O)Cc1cn(C)c2ccccc12. The van der Waals surface area contributed by atoms with E-state index in [2.05, 4.69) is 5.32 Å². The Morgan fingerprint density at radius 1 is 1.31 bits per heavy atom. The second kappa shape index (κ2) is 7.38. The van der Waals surface area contributed by atoms with Crippen molar-refractivity contribution in [1.82, 2.24) is 14.2 Å². The molecule has 142 valence electrons. The minimum absolute atomic E-state index is 0.0286. The van der Waals surface area contributed by atoms with Crippen LogP contribution in [0.4, 0.5) is 0 Å². The molecule has 0 bridgehead atoms. The van der Waals surface area contributed by atoms with Crippen molar-refractivity contribution in [2.75, 3.05) is 33.1 Å². The van der Waals surface area contributed by atoms with E-state index in [-0.39, 0.29) is 30.0 Å². The van der Waals surface area contributed by atoms with Crippen LogP contribution >= 0.6 is 0 Å². The third-order valence-corrected chi connectivity index (χ3v) is 6.82. The zero-order valence-corrected chi connectivity index (χ0v) is 16.1. The average molecular weight is 379 g/mol. The van der Waals surface area contributed by atoms with Gasteiger partial charge in [-0.2, -0.15) is 0 Å². The molecule has 0 unspecified atom stereocenters. The molecule has 8 heteroatoms. The highest BCUT2D eigenvalue weighted by atomic mass is 32.2. The van der Waals surface area contributed by atoms with Crippen molar-refractivity contribution < 1.29 is 17.9 Å². The summed E-state index contributed by atoms with van der Waals surface area (Å²) in [5.41, 5.74) is 2.03. The van der Waals surface area contributed by atoms with E-state index in [1.165, 1.54) is 18.4 Å². The van der Waals surface area contributed by atoms with E-state index in [4.69, 9.17) is 4.74 Å². The van der Waals surface area contributed by atoms with Gasteiger partial charge >= 0.3 is 0 Å². The van der Waals surface area contributed by atoms with Crippen LogP contribution in [0.3, 0.4) is 0 Å². The topological polar surface area (TPSA) is 80.6 Å². The number of carbonyl (C=O) groups excluding carboxylic acids is 1. The van der Waals surface area contributed by atoms with Crippen LogP contribution < -0.4 is 5.32 Å². The van der Waals surface area contributed by atoms with E-state index >= 15 is 0 Å². The molecule has 2 atom stereocenters. The molecule has 1 aromatic carbocycles. The van der Waals surface area contributed by atoms with E-state index in [1.54, 1.807) is 0 Å². The summed E-state index contributed by atoms with van der Waals surface area (Å²) in [7, 11) is 1.65. The zero-order valence-electron chi connectivity index (χ0n) is 15.3. The fourth-order valence-corrected chi connectivity index (χ4v) is 4.51. The number of aromatic nitrogens is 1. The summed E-state index contributed by atoms with van der Waals surface area (Å²) in [6.45, 7) is 0.682. The Morgan fingerprint density at radius 3 is 2.77 bits per heavy atom. The molecule has 7 nitrogen and oxygen atoms in total. The molecule has 1 aromatic heterocycles. The van der Waals surface area contributed by atoms with Crippen LogP contribution in [0.5, 0.6) is 0 Å². The Bertz CT molecular complexity index is 904. The number of hydrogen-bond donors (Lipinski definition) is 1. The van der Waals surface area contributed by atoms with Gasteiger partial charge in [0.15, 0.2) is 0 Å². The third kappa shape index (κ3) is 3.92. The summed E-state index contributed by atoms with van der Waals surface area (Å²) < 4.78 is 32.9. The number of carbonyl (C=O) groups is 1. The second-order valence-corrected chi connectivity index (χ2v) is 9.22. The number of sulfonamides is 1. The number of nitrogens with zero attached hydrogens (tertiary/aromatic N) is 2. The molecule has 1 aliphatic rings. The minimum atomic E-state index is -3.34. The number of hydrogen-bond acceptors (Lipinski definition) is 4. The molecular weight excluding hydrogens is 354 g/mol. The first-order chi connectivity index (χ1) is 12.3. The lowest BCUT2D eigenvalue weighted by Gasteiger charge is -2.21. The highest BCUT2D eigenvalue weighted by molar-refractivity contribution is 7.89. The summed E-state index contributed by atoms with van der Waals surface area (Å²) in [5.74, 6) is -0.387. The molecule has 2 heterocycles. The Morgan fingerprint density at radius 2 is 2.04 bits per heavy atom. The van der Waals surface area contributed by atoms with Gasteiger partial charge in [-0.15, -0.1) is 0 Å². The van der Waals surface area contributed by atoms with E-state index in [9.17, 15) is 13.2 Å². The molecule has 1 aliphatic heterocycles. The highest BCUT2D eigenvalue weighted by Gasteiger charge is 2.34. The maximum atomic E-state index is 12.5. The van der Waals surface area contributed by atoms with E-state index < -0.39 is 10.0 Å². The number of aryl methyl sites for hydroxylation is 1. The number of nitrogens with one attached hydrogen (secondary N) is 1. The smallest absolute Gasteiger partial charge is 0.224 e. The van der Waals surface area contributed by atoms with Gasteiger partial charge in [0.05, 0.1) is 31.4 Å². The Balaban J connectivity index is 1.67. The van der Waals surface area contributed by atoms with Crippen LogP contribution in [-0.4, -0.2) is 62.3 Å². The average Bonchev–Trinajstić information content (AvgIpc) is 3.12. The van der Waals surface area contributed by atoms with Crippen LogP contribution in [0.25, 0.3) is 10.9 Å². The number of ether oxygens (including phenoxy) is 1. The van der Waals surface area contributed by atoms with Crippen LogP contribution in [0.15, 0.2) is 30.5 Å². The Labute approximate surface area is 154 Å². The quantitative estimate of drug-likeness (QED) is 0.803. The predicted octanol–water partition coefficient (Wildman–Crippen LogP) is 0.743. The predicted molar refractivity (Wildman–Crippen MR) is 100 cm³/mol. The van der Waals surface area contributed by atoms with Crippen molar-refractivity contribution >= 4 is 26.8 Å². The van der Waals surface area contributed by atoms with Crippen LogP contribution in [0.1, 0.15) is 5.56 Å². The number of para-hydroxylation sites is 1. The van der Waals surface area contributed by atoms with Gasteiger partial charge in [0, 0.05) is 44.2 Å². The lowest BCUT2D eigenvalue weighted by atomic mass is 10.1. The van der Waals surface area contributed by atoms with Crippen molar-refractivity contribution in [3.8, 4) is 0 Å². The van der Waals surface area contributed by atoms with Crippen molar-refractivity contribution in [2.24, 2.45) is 13.0 Å². The van der Waals surface area contributed by atoms with Crippen LogP contribution in [0.2, 0.25) is 0 Å². The van der Waals surface area contributed by atoms with Crippen molar-refractivity contribution in [3.05, 3.63) is 36.0 Å². The van der Waals surface area contributed by atoms with Gasteiger partial charge in [-0.1, -0.05) is 18.2 Å². The fourth-order valence-electron chi connectivity index (χ4n) is 3.34. The first-order valence-corrected chi connectivity index (χ1v) is 10.2. The number of fused-ring (bicyclic) bond motifs is 1. The fraction of sp³-hybridized carbons (Fsp3) is 0.500. The molecule has 0 spiro atoms. The molecule has 2 aromatic rings. The first kappa shape index (κ1) is 18.9. The van der Waals surface area contributed by atoms with E-state index in [1.807, 2.05) is 42.1 Å². The largest absolute Gasteiger partial charge is 0.379 e. The van der Waals surface area contributed by atoms with Gasteiger partial charge in [0.25, 0.3) is 0 Å². The monoisotopic (exact) mass is 379 g/mol. The van der Waals surface area contributed by atoms with Crippen molar-refractivity contribution in [2.45, 2.75) is 12.5 Å². The molecule has 1 amide bonds. The molecule has 1 N–H and O–H groups in total. The molecule has 0 saturated carbocycles. The normalized spacial score (nSPS) is 20.8. The number of rotatable bonds is 6. The van der Waals surface area contributed by atoms with Gasteiger partial charge in [0.2, 0.25) is 15.9 Å². The molecule has 26 heavy (non-hydrogen) atoms. The summed E-state index contributed by atoms with van der Waals surface area (Å²) in [5, 5.41) is 4.01. The standard InChI is InChI=1S/C18H25N3O4S/c1-20(2)26(23,24)12-14-10-25-11-16(14)19-18(22)8-13-9-21(3)17-7-5-4-6-15(13)17/h4-7,9,14,16H,8,10-12H2,1-3H3,(H,19,22)/t14-,16+/m0/s1. The second-order valence-electron chi connectivity index (χ2n) is 6.99. The van der Waals surface area contributed by atoms with Crippen molar-refractivity contribution in [3.63, 3.8) is 0 Å². The molecule has 1 fully saturated rings. The Hall–Kier alpha value is -1.90. The lowest BCUT2D eigenvalue weighted by molar-refractivity contribution is -0.121. The molecular formula is C18H25N3O4S. The zero-order chi connectivity index (χ0) is 18.9. The van der Waals surface area contributed by atoms with Gasteiger partial charge in [-0.3, -0.25) is 4.79 Å². The molecule has 0 radical (unpaired) electrons. The summed E-state index contributed by atoms with van der Waals surface area (Å²) in [6, 6.07) is 7.66. The van der Waals surface area contributed by atoms with Gasteiger partial charge in [-0.25, -0.2) is 12.7 Å². The summed E-state index contributed by atoms with van der Waals surface area (Å²) in [6.07, 6.45) is 2.22.